The summed E-state index contributed by atoms with van der Waals surface area (Å²) < 4.78 is 4.97. The highest BCUT2D eigenvalue weighted by Crippen LogP contribution is 2.25. The zero-order valence-corrected chi connectivity index (χ0v) is 11.9. The van der Waals surface area contributed by atoms with Crippen LogP contribution in [0.1, 0.15) is 0 Å². The number of hydrogen-bond donors (Lipinski definition) is 1. The molecule has 0 amide bonds. The Morgan fingerprint density at radius 1 is 1.59 bits per heavy atom. The molecule has 0 spiro atoms. The Hall–Kier alpha value is -0.330. The number of anilines is 1. The molecule has 1 unspecified atom stereocenters. The molecular formula is C10H14ClN3OS2. The SMILES string of the molecule is COc1ncc(Cl)c(NCC2CSCCS2)n1. The van der Waals surface area contributed by atoms with Crippen LogP contribution in [0.15, 0.2) is 6.20 Å². The highest BCUT2D eigenvalue weighted by atomic mass is 35.5. The number of halogens is 1. The van der Waals surface area contributed by atoms with E-state index in [-0.39, 0.29) is 0 Å². The summed E-state index contributed by atoms with van der Waals surface area (Å²) in [6, 6.07) is 0.336. The lowest BCUT2D eigenvalue weighted by Crippen LogP contribution is -2.23. The van der Waals surface area contributed by atoms with Gasteiger partial charge in [-0.05, 0) is 0 Å². The number of ether oxygens (including phenoxy) is 1. The van der Waals surface area contributed by atoms with Crippen molar-refractivity contribution in [1.29, 1.82) is 0 Å². The van der Waals surface area contributed by atoms with Crippen molar-refractivity contribution in [2.45, 2.75) is 5.25 Å². The average Bonchev–Trinajstić information content (AvgIpc) is 2.39. The molecule has 0 aromatic carbocycles. The Morgan fingerprint density at radius 3 is 3.18 bits per heavy atom. The minimum Gasteiger partial charge on any atom is -0.467 e. The van der Waals surface area contributed by atoms with Crippen molar-refractivity contribution in [2.75, 3.05) is 36.2 Å². The fourth-order valence-electron chi connectivity index (χ4n) is 1.44. The molecule has 1 aromatic rings. The normalized spacial score (nSPS) is 20.0. The van der Waals surface area contributed by atoms with E-state index >= 15 is 0 Å². The predicted octanol–water partition coefficient (Wildman–Crippen LogP) is 2.40. The van der Waals surface area contributed by atoms with Gasteiger partial charge in [-0.3, -0.25) is 0 Å². The molecule has 1 fully saturated rings. The van der Waals surface area contributed by atoms with Crippen LogP contribution in [0.4, 0.5) is 5.82 Å². The number of nitrogens with zero attached hydrogens (tertiary/aromatic N) is 2. The van der Waals surface area contributed by atoms with E-state index < -0.39 is 0 Å². The summed E-state index contributed by atoms with van der Waals surface area (Å²) >= 11 is 10.0. The molecule has 0 bridgehead atoms. The highest BCUT2D eigenvalue weighted by molar-refractivity contribution is 8.06. The summed E-state index contributed by atoms with van der Waals surface area (Å²) in [5.74, 6) is 4.30. The van der Waals surface area contributed by atoms with Crippen molar-refractivity contribution in [3.63, 3.8) is 0 Å². The lowest BCUT2D eigenvalue weighted by atomic mass is 10.4. The van der Waals surface area contributed by atoms with Gasteiger partial charge in [-0.2, -0.15) is 28.5 Å². The molecule has 1 aliphatic heterocycles. The zero-order valence-electron chi connectivity index (χ0n) is 9.48. The van der Waals surface area contributed by atoms with Gasteiger partial charge in [0.2, 0.25) is 0 Å². The van der Waals surface area contributed by atoms with Gasteiger partial charge in [0.25, 0.3) is 0 Å². The van der Waals surface area contributed by atoms with Gasteiger partial charge in [-0.15, -0.1) is 0 Å². The van der Waals surface area contributed by atoms with Crippen molar-refractivity contribution in [1.82, 2.24) is 9.97 Å². The molecule has 1 atom stereocenters. The Balaban J connectivity index is 1.92. The first-order chi connectivity index (χ1) is 8.29. The third kappa shape index (κ3) is 3.82. The second-order valence-electron chi connectivity index (χ2n) is 3.50. The average molecular weight is 292 g/mol. The van der Waals surface area contributed by atoms with Gasteiger partial charge < -0.3 is 10.1 Å². The van der Waals surface area contributed by atoms with E-state index in [1.807, 2.05) is 23.5 Å². The Bertz CT molecular complexity index is 375. The summed E-state index contributed by atoms with van der Waals surface area (Å²) in [6.07, 6.45) is 1.55. The van der Waals surface area contributed by atoms with Crippen LogP contribution in [0.3, 0.4) is 0 Å². The van der Waals surface area contributed by atoms with Gasteiger partial charge in [0.15, 0.2) is 5.82 Å². The zero-order chi connectivity index (χ0) is 12.1. The molecule has 4 nitrogen and oxygen atoms in total. The van der Waals surface area contributed by atoms with Gasteiger partial charge in [0.1, 0.15) is 5.02 Å². The standard InChI is InChI=1S/C10H14ClN3OS2/c1-15-10-13-5-8(11)9(14-10)12-4-7-6-16-2-3-17-7/h5,7H,2-4,6H2,1H3,(H,12,13,14). The van der Waals surface area contributed by atoms with Crippen molar-refractivity contribution in [3.8, 4) is 6.01 Å². The number of aromatic nitrogens is 2. The second-order valence-corrected chi connectivity index (χ2v) is 6.47. The summed E-state index contributed by atoms with van der Waals surface area (Å²) in [6.45, 7) is 0.873. The first-order valence-electron chi connectivity index (χ1n) is 5.29. The van der Waals surface area contributed by atoms with Crippen LogP contribution >= 0.6 is 35.1 Å². The molecule has 17 heavy (non-hydrogen) atoms. The van der Waals surface area contributed by atoms with Crippen LogP contribution in [0.2, 0.25) is 5.02 Å². The summed E-state index contributed by atoms with van der Waals surface area (Å²) in [7, 11) is 1.54. The molecule has 2 heterocycles. The fourth-order valence-corrected chi connectivity index (χ4v) is 4.21. The minimum absolute atomic E-state index is 0.336. The maximum absolute atomic E-state index is 6.02. The molecule has 7 heteroatoms. The molecule has 1 saturated heterocycles. The van der Waals surface area contributed by atoms with Crippen molar-refractivity contribution in [2.24, 2.45) is 0 Å². The van der Waals surface area contributed by atoms with E-state index in [1.54, 1.807) is 13.3 Å². The molecule has 0 radical (unpaired) electrons. The molecule has 2 rings (SSSR count). The molecule has 94 valence electrons. The molecule has 0 saturated carbocycles. The maximum atomic E-state index is 6.02. The lowest BCUT2D eigenvalue weighted by molar-refractivity contribution is 0.380. The molecule has 1 N–H and O–H groups in total. The number of rotatable bonds is 4. The van der Waals surface area contributed by atoms with Crippen LogP contribution < -0.4 is 10.1 Å². The Labute approximate surface area is 114 Å². The smallest absolute Gasteiger partial charge is 0.318 e. The number of methoxy groups -OCH3 is 1. The van der Waals surface area contributed by atoms with E-state index in [0.29, 0.717) is 22.1 Å². The first kappa shape index (κ1) is 13.1. The van der Waals surface area contributed by atoms with Crippen LogP contribution in [0, 0.1) is 0 Å². The minimum atomic E-state index is 0.336. The van der Waals surface area contributed by atoms with Gasteiger partial charge in [0.05, 0.1) is 13.3 Å². The molecule has 0 aliphatic carbocycles. The highest BCUT2D eigenvalue weighted by Gasteiger charge is 2.15. The second kappa shape index (κ2) is 6.56. The summed E-state index contributed by atoms with van der Waals surface area (Å²) in [5, 5.41) is 4.40. The molecular weight excluding hydrogens is 278 g/mol. The Morgan fingerprint density at radius 2 is 2.47 bits per heavy atom. The summed E-state index contributed by atoms with van der Waals surface area (Å²) in [5.41, 5.74) is 0. The van der Waals surface area contributed by atoms with Gasteiger partial charge >= 0.3 is 6.01 Å². The Kier molecular flexibility index (Phi) is 5.06. The molecule has 1 aromatic heterocycles. The van der Waals surface area contributed by atoms with E-state index in [0.717, 1.165) is 6.54 Å². The number of hydrogen-bond acceptors (Lipinski definition) is 6. The number of thioether (sulfide) groups is 2. The third-order valence-electron chi connectivity index (χ3n) is 2.29. The fraction of sp³-hybridized carbons (Fsp3) is 0.600. The maximum Gasteiger partial charge on any atom is 0.318 e. The van der Waals surface area contributed by atoms with Crippen LogP contribution in [-0.4, -0.2) is 46.1 Å². The lowest BCUT2D eigenvalue weighted by Gasteiger charge is -2.21. The van der Waals surface area contributed by atoms with Crippen molar-refractivity contribution < 1.29 is 4.74 Å². The van der Waals surface area contributed by atoms with Crippen LogP contribution in [0.5, 0.6) is 6.01 Å². The number of nitrogens with one attached hydrogen (secondary N) is 1. The van der Waals surface area contributed by atoms with Crippen LogP contribution in [-0.2, 0) is 0 Å². The van der Waals surface area contributed by atoms with Crippen molar-refractivity contribution in [3.05, 3.63) is 11.2 Å². The van der Waals surface area contributed by atoms with Crippen LogP contribution in [0.25, 0.3) is 0 Å². The van der Waals surface area contributed by atoms with Gasteiger partial charge in [-0.25, -0.2) is 4.98 Å². The quantitative estimate of drug-likeness (QED) is 0.919. The van der Waals surface area contributed by atoms with Gasteiger partial charge in [0, 0.05) is 29.1 Å². The van der Waals surface area contributed by atoms with E-state index in [1.165, 1.54) is 17.3 Å². The van der Waals surface area contributed by atoms with Gasteiger partial charge in [-0.1, -0.05) is 11.6 Å². The topological polar surface area (TPSA) is 47.0 Å². The molecule has 1 aliphatic rings. The van der Waals surface area contributed by atoms with E-state index in [4.69, 9.17) is 16.3 Å². The van der Waals surface area contributed by atoms with E-state index in [2.05, 4.69) is 15.3 Å². The monoisotopic (exact) mass is 291 g/mol. The predicted molar refractivity (Wildman–Crippen MR) is 75.7 cm³/mol. The van der Waals surface area contributed by atoms with Crippen molar-refractivity contribution >= 4 is 40.9 Å². The third-order valence-corrected chi connectivity index (χ3v) is 5.41. The summed E-state index contributed by atoms with van der Waals surface area (Å²) in [4.78, 5) is 8.12. The largest absolute Gasteiger partial charge is 0.467 e. The van der Waals surface area contributed by atoms with E-state index in [9.17, 15) is 0 Å². The first-order valence-corrected chi connectivity index (χ1v) is 7.87.